The highest BCUT2D eigenvalue weighted by atomic mass is 32.2. The number of carbonyl (C=O) groups is 1. The van der Waals surface area contributed by atoms with E-state index in [9.17, 15) is 13.2 Å². The van der Waals surface area contributed by atoms with Gasteiger partial charge in [-0.05, 0) is 45.6 Å². The van der Waals surface area contributed by atoms with Gasteiger partial charge in [-0.1, -0.05) is 0 Å². The molecule has 1 saturated heterocycles. The van der Waals surface area contributed by atoms with Gasteiger partial charge in [-0.25, -0.2) is 14.8 Å². The van der Waals surface area contributed by atoms with Crippen LogP contribution >= 0.6 is 0 Å². The zero-order valence-corrected chi connectivity index (χ0v) is 18.6. The minimum absolute atomic E-state index is 0.0133. The predicted octanol–water partition coefficient (Wildman–Crippen LogP) is 2.29. The highest BCUT2D eigenvalue weighted by Gasteiger charge is 2.28. The second kappa shape index (κ2) is 8.76. The van der Waals surface area contributed by atoms with Gasteiger partial charge in [-0.3, -0.25) is 4.18 Å². The first-order chi connectivity index (χ1) is 14.0. The van der Waals surface area contributed by atoms with Crippen LogP contribution in [-0.2, 0) is 25.5 Å². The van der Waals surface area contributed by atoms with E-state index in [2.05, 4.69) is 20.3 Å². The fourth-order valence-corrected chi connectivity index (χ4v) is 3.80. The summed E-state index contributed by atoms with van der Waals surface area (Å²) < 4.78 is 32.8. The molecule has 3 heterocycles. The van der Waals surface area contributed by atoms with Crippen LogP contribution in [0, 0.1) is 0 Å². The number of aromatic nitrogens is 3. The largest absolute Gasteiger partial charge is 0.444 e. The van der Waals surface area contributed by atoms with E-state index >= 15 is 0 Å². The van der Waals surface area contributed by atoms with Crippen molar-refractivity contribution in [3.05, 3.63) is 18.1 Å². The number of fused-ring (bicyclic) bond motifs is 1. The molecule has 2 N–H and O–H groups in total. The number of carbonyl (C=O) groups excluding carboxylic acids is 1. The molecule has 1 fully saturated rings. The van der Waals surface area contributed by atoms with Gasteiger partial charge in [0.25, 0.3) is 10.1 Å². The van der Waals surface area contributed by atoms with E-state index in [0.29, 0.717) is 31.0 Å². The third kappa shape index (κ3) is 6.05. The molecule has 11 heteroatoms. The molecule has 1 atom stereocenters. The van der Waals surface area contributed by atoms with E-state index in [-0.39, 0.29) is 18.7 Å². The first-order valence-corrected chi connectivity index (χ1v) is 11.7. The lowest BCUT2D eigenvalue weighted by Crippen LogP contribution is -2.47. The average molecular weight is 440 g/mol. The maximum atomic E-state index is 12.4. The molecule has 3 rings (SSSR count). The molecule has 2 aromatic heterocycles. The minimum atomic E-state index is -3.50. The Hall–Kier alpha value is -2.40. The molecule has 0 radical (unpaired) electrons. The predicted molar refractivity (Wildman–Crippen MR) is 113 cm³/mol. The molecular formula is C19H29N5O5S. The Morgan fingerprint density at radius 1 is 1.37 bits per heavy atom. The van der Waals surface area contributed by atoms with E-state index < -0.39 is 15.7 Å². The molecule has 2 aromatic rings. The van der Waals surface area contributed by atoms with Crippen molar-refractivity contribution in [2.24, 2.45) is 0 Å². The van der Waals surface area contributed by atoms with Gasteiger partial charge in [0.1, 0.15) is 23.4 Å². The molecule has 0 aliphatic carbocycles. The Labute approximate surface area is 176 Å². The number of nitrogens with zero attached hydrogens (tertiary/aromatic N) is 3. The second-order valence-electron chi connectivity index (χ2n) is 8.45. The van der Waals surface area contributed by atoms with Gasteiger partial charge in [0.05, 0.1) is 18.2 Å². The fourth-order valence-electron chi connectivity index (χ4n) is 3.42. The van der Waals surface area contributed by atoms with Crippen LogP contribution in [0.2, 0.25) is 0 Å². The smallest absolute Gasteiger partial charge is 0.410 e. The summed E-state index contributed by atoms with van der Waals surface area (Å²) in [5.41, 5.74) is 0.975. The lowest BCUT2D eigenvalue weighted by molar-refractivity contribution is 0.0206. The molecule has 1 amide bonds. The lowest BCUT2D eigenvalue weighted by atomic mass is 10.1. The number of aromatic amines is 1. The first-order valence-electron chi connectivity index (χ1n) is 9.92. The van der Waals surface area contributed by atoms with Crippen LogP contribution in [0.25, 0.3) is 11.0 Å². The number of ether oxygens (including phenoxy) is 1. The summed E-state index contributed by atoms with van der Waals surface area (Å²) in [4.78, 5) is 25.8. The number of rotatable bonds is 6. The van der Waals surface area contributed by atoms with Gasteiger partial charge in [0.15, 0.2) is 0 Å². The van der Waals surface area contributed by atoms with Crippen molar-refractivity contribution >= 4 is 33.1 Å². The molecule has 0 saturated carbocycles. The molecule has 10 nitrogen and oxygen atoms in total. The normalized spacial score (nSPS) is 17.9. The molecule has 30 heavy (non-hydrogen) atoms. The Morgan fingerprint density at radius 3 is 2.83 bits per heavy atom. The summed E-state index contributed by atoms with van der Waals surface area (Å²) in [5.74, 6) is 0.645. The van der Waals surface area contributed by atoms with Crippen molar-refractivity contribution in [2.45, 2.75) is 51.7 Å². The molecule has 0 spiro atoms. The maximum absolute atomic E-state index is 12.4. The molecule has 1 aliphatic rings. The van der Waals surface area contributed by atoms with Gasteiger partial charge in [-0.15, -0.1) is 0 Å². The van der Waals surface area contributed by atoms with Crippen molar-refractivity contribution in [1.29, 1.82) is 0 Å². The average Bonchev–Trinajstić information content (AvgIpc) is 3.04. The van der Waals surface area contributed by atoms with Crippen molar-refractivity contribution in [2.75, 3.05) is 31.3 Å². The summed E-state index contributed by atoms with van der Waals surface area (Å²) >= 11 is 0. The zero-order chi connectivity index (χ0) is 21.9. The zero-order valence-electron chi connectivity index (χ0n) is 17.8. The Morgan fingerprint density at radius 2 is 2.13 bits per heavy atom. The maximum Gasteiger partial charge on any atom is 0.410 e. The van der Waals surface area contributed by atoms with E-state index in [1.54, 1.807) is 11.1 Å². The fraction of sp³-hybridized carbons (Fsp3) is 0.632. The highest BCUT2D eigenvalue weighted by molar-refractivity contribution is 7.85. The Bertz CT molecular complexity index is 998. The summed E-state index contributed by atoms with van der Waals surface area (Å²) in [5, 5.41) is 4.22. The summed E-state index contributed by atoms with van der Waals surface area (Å²) in [6.45, 7) is 6.76. The van der Waals surface area contributed by atoms with Crippen molar-refractivity contribution < 1.29 is 22.1 Å². The van der Waals surface area contributed by atoms with E-state index in [1.807, 2.05) is 20.8 Å². The first kappa shape index (κ1) is 22.3. The van der Waals surface area contributed by atoms with Gasteiger partial charge in [0.2, 0.25) is 0 Å². The van der Waals surface area contributed by atoms with Crippen LogP contribution in [0.3, 0.4) is 0 Å². The number of nitrogens with one attached hydrogen (secondary N) is 2. The lowest BCUT2D eigenvalue weighted by Gasteiger charge is -2.34. The monoisotopic (exact) mass is 439 g/mol. The van der Waals surface area contributed by atoms with Crippen molar-refractivity contribution in [1.82, 2.24) is 19.9 Å². The van der Waals surface area contributed by atoms with Crippen LogP contribution in [0.1, 0.15) is 39.2 Å². The number of amides is 1. The van der Waals surface area contributed by atoms with Crippen LogP contribution in [0.5, 0.6) is 0 Å². The minimum Gasteiger partial charge on any atom is -0.444 e. The quantitative estimate of drug-likeness (QED) is 0.657. The number of anilines is 1. The topological polar surface area (TPSA) is 127 Å². The molecular weight excluding hydrogens is 410 g/mol. The number of H-pyrrole nitrogens is 1. The van der Waals surface area contributed by atoms with Crippen molar-refractivity contribution in [3.8, 4) is 0 Å². The van der Waals surface area contributed by atoms with E-state index in [0.717, 1.165) is 30.0 Å². The summed E-state index contributed by atoms with van der Waals surface area (Å²) in [6, 6.07) is 0.0133. The van der Waals surface area contributed by atoms with Crippen molar-refractivity contribution in [3.63, 3.8) is 0 Å². The van der Waals surface area contributed by atoms with Crippen LogP contribution in [0.15, 0.2) is 12.5 Å². The molecule has 166 valence electrons. The van der Waals surface area contributed by atoms with E-state index in [4.69, 9.17) is 8.92 Å². The van der Waals surface area contributed by atoms with Gasteiger partial charge in [0, 0.05) is 25.3 Å². The SMILES string of the molecule is CC(C)(C)OC(=O)N1CCC[C@@H](Nc2ncnc3[nH]cc(CCOS(C)(=O)=O)c23)C1. The van der Waals surface area contributed by atoms with Crippen LogP contribution < -0.4 is 5.32 Å². The molecule has 0 unspecified atom stereocenters. The molecule has 1 aliphatic heterocycles. The number of piperidine rings is 1. The second-order valence-corrected chi connectivity index (χ2v) is 10.1. The number of likely N-dealkylation sites (tertiary alicyclic amines) is 1. The third-order valence-corrected chi connectivity index (χ3v) is 5.23. The molecule has 0 bridgehead atoms. The summed E-state index contributed by atoms with van der Waals surface area (Å²) in [7, 11) is -3.50. The van der Waals surface area contributed by atoms with E-state index in [1.165, 1.54) is 6.33 Å². The third-order valence-electron chi connectivity index (χ3n) is 4.63. The highest BCUT2D eigenvalue weighted by Crippen LogP contribution is 2.26. The number of hydrogen-bond donors (Lipinski definition) is 2. The Balaban J connectivity index is 1.72. The van der Waals surface area contributed by atoms with Gasteiger partial charge in [-0.2, -0.15) is 8.42 Å². The van der Waals surface area contributed by atoms with Crippen LogP contribution in [-0.4, -0.2) is 72.0 Å². The van der Waals surface area contributed by atoms with Crippen LogP contribution in [0.4, 0.5) is 10.6 Å². The Kier molecular flexibility index (Phi) is 6.51. The standard InChI is InChI=1S/C19H29N5O5S/c1-19(2,3)29-18(25)24-8-5-6-14(11-24)23-17-15-13(7-9-28-30(4,26)27)10-20-16(15)21-12-22-17/h10,12,14H,5-9,11H2,1-4H3,(H2,20,21,22,23)/t14-/m1/s1. The van der Waals surface area contributed by atoms with Gasteiger partial charge < -0.3 is 19.9 Å². The summed E-state index contributed by atoms with van der Waals surface area (Å²) in [6.07, 6.45) is 6.09. The molecule has 0 aromatic carbocycles. The van der Waals surface area contributed by atoms with Gasteiger partial charge >= 0.3 is 6.09 Å². The number of hydrogen-bond acceptors (Lipinski definition) is 8.